The summed E-state index contributed by atoms with van der Waals surface area (Å²) < 4.78 is 13.0. The van der Waals surface area contributed by atoms with Crippen molar-refractivity contribution < 1.29 is 19.1 Å². The Kier molecular flexibility index (Phi) is 3.27. The molecule has 0 radical (unpaired) electrons. The molecular weight excluding hydrogens is 277 g/mol. The first kappa shape index (κ1) is 13.8. The second-order valence-electron chi connectivity index (χ2n) is 5.77. The van der Waals surface area contributed by atoms with Crippen molar-refractivity contribution in [3.05, 3.63) is 24.3 Å². The molecule has 0 unspecified atom stereocenters. The van der Waals surface area contributed by atoms with Crippen LogP contribution in [0.2, 0.25) is 0 Å². The van der Waals surface area contributed by atoms with E-state index in [2.05, 4.69) is 10.3 Å². The highest BCUT2D eigenvalue weighted by Gasteiger charge is 2.58. The molecule has 1 aromatic heterocycles. The third-order valence-corrected chi connectivity index (χ3v) is 4.51. The maximum atomic E-state index is 13.0. The second-order valence-corrected chi connectivity index (χ2v) is 5.77. The van der Waals surface area contributed by atoms with Crippen LogP contribution >= 0.6 is 0 Å². The Morgan fingerprint density at radius 1 is 1.38 bits per heavy atom. The maximum Gasteiger partial charge on any atom is 0.407 e. The Morgan fingerprint density at radius 3 is 2.71 bits per heavy atom. The van der Waals surface area contributed by atoms with E-state index in [-0.39, 0.29) is 17.2 Å². The number of carboxylic acid groups (broad SMARTS) is 1. The third-order valence-electron chi connectivity index (χ3n) is 4.51. The largest absolute Gasteiger partial charge is 0.465 e. The lowest BCUT2D eigenvalue weighted by Gasteiger charge is -2.30. The van der Waals surface area contributed by atoms with Gasteiger partial charge in [0.1, 0.15) is 5.82 Å². The molecule has 2 amide bonds. The number of carbonyl (C=O) groups is 2. The summed E-state index contributed by atoms with van der Waals surface area (Å²) >= 11 is 0. The molecule has 1 saturated carbocycles. The summed E-state index contributed by atoms with van der Waals surface area (Å²) in [6.07, 6.45) is 3.77. The molecule has 1 saturated heterocycles. The van der Waals surface area contributed by atoms with E-state index in [9.17, 15) is 14.0 Å². The molecule has 0 aromatic carbocycles. The van der Waals surface area contributed by atoms with Gasteiger partial charge in [0.2, 0.25) is 5.91 Å². The number of rotatable bonds is 2. The molecule has 1 aliphatic heterocycles. The van der Waals surface area contributed by atoms with Crippen LogP contribution in [0.15, 0.2) is 18.5 Å². The quantitative estimate of drug-likeness (QED) is 0.873. The van der Waals surface area contributed by atoms with E-state index in [1.807, 2.05) is 0 Å². The maximum absolute atomic E-state index is 13.0. The molecule has 0 bridgehead atoms. The summed E-state index contributed by atoms with van der Waals surface area (Å²) in [5, 5.41) is 11.6. The van der Waals surface area contributed by atoms with Crippen LogP contribution in [0.5, 0.6) is 0 Å². The number of anilines is 1. The minimum absolute atomic E-state index is 0.0726. The smallest absolute Gasteiger partial charge is 0.407 e. The van der Waals surface area contributed by atoms with Gasteiger partial charge in [0.25, 0.3) is 0 Å². The predicted molar refractivity (Wildman–Crippen MR) is 72.2 cm³/mol. The fourth-order valence-electron chi connectivity index (χ4n) is 3.12. The first-order valence-electron chi connectivity index (χ1n) is 6.89. The highest BCUT2D eigenvalue weighted by Crippen LogP contribution is 2.59. The third kappa shape index (κ3) is 2.68. The number of amides is 2. The zero-order valence-electron chi connectivity index (χ0n) is 11.4. The lowest BCUT2D eigenvalue weighted by molar-refractivity contribution is -0.118. The number of halogens is 1. The normalized spacial score (nSPS) is 22.9. The second kappa shape index (κ2) is 4.98. The zero-order chi connectivity index (χ0) is 15.0. The van der Waals surface area contributed by atoms with Gasteiger partial charge in [-0.05, 0) is 24.7 Å². The first-order chi connectivity index (χ1) is 10.00. The molecule has 2 fully saturated rings. The minimum Gasteiger partial charge on any atom is -0.465 e. The van der Waals surface area contributed by atoms with Crippen molar-refractivity contribution in [2.75, 3.05) is 18.4 Å². The zero-order valence-corrected chi connectivity index (χ0v) is 11.4. The highest BCUT2D eigenvalue weighted by molar-refractivity contribution is 5.95. The van der Waals surface area contributed by atoms with Crippen molar-refractivity contribution in [1.29, 1.82) is 0 Å². The summed E-state index contributed by atoms with van der Waals surface area (Å²) in [7, 11) is 0. The molecule has 6 nitrogen and oxygen atoms in total. The Hall–Kier alpha value is -2.18. The van der Waals surface area contributed by atoms with Gasteiger partial charge in [0.15, 0.2) is 0 Å². The van der Waals surface area contributed by atoms with Gasteiger partial charge in [-0.3, -0.25) is 9.78 Å². The number of carbonyl (C=O) groups excluding carboxylic acids is 1. The van der Waals surface area contributed by atoms with Gasteiger partial charge in [-0.25, -0.2) is 9.18 Å². The summed E-state index contributed by atoms with van der Waals surface area (Å²) in [4.78, 5) is 28.1. The number of likely N-dealkylation sites (tertiary alicyclic amines) is 1. The molecule has 3 rings (SSSR count). The van der Waals surface area contributed by atoms with E-state index in [0.717, 1.165) is 12.6 Å². The summed E-state index contributed by atoms with van der Waals surface area (Å²) in [5.41, 5.74) is 0.279. The Morgan fingerprint density at radius 2 is 2.10 bits per heavy atom. The summed E-state index contributed by atoms with van der Waals surface area (Å²) in [5.74, 6) is -0.740. The molecule has 2 aliphatic rings. The SMILES string of the molecule is O=C(Nc1cncc(F)c1)[C@H]1CC12CCN(C(=O)O)CC2. The summed E-state index contributed by atoms with van der Waals surface area (Å²) in [6.45, 7) is 0.946. The van der Waals surface area contributed by atoms with Crippen molar-refractivity contribution >= 4 is 17.7 Å². The van der Waals surface area contributed by atoms with E-state index in [1.54, 1.807) is 0 Å². The van der Waals surface area contributed by atoms with Crippen molar-refractivity contribution in [2.24, 2.45) is 11.3 Å². The predicted octanol–water partition coefficient (Wildman–Crippen LogP) is 1.94. The molecule has 2 N–H and O–H groups in total. The van der Waals surface area contributed by atoms with Gasteiger partial charge >= 0.3 is 6.09 Å². The molecule has 21 heavy (non-hydrogen) atoms. The number of pyridine rings is 1. The van der Waals surface area contributed by atoms with Crippen LogP contribution in [0, 0.1) is 17.2 Å². The van der Waals surface area contributed by atoms with Crippen LogP contribution in [0.1, 0.15) is 19.3 Å². The first-order valence-corrected chi connectivity index (χ1v) is 6.89. The Labute approximate surface area is 121 Å². The fourth-order valence-corrected chi connectivity index (χ4v) is 3.12. The van der Waals surface area contributed by atoms with Gasteiger partial charge in [0.05, 0.1) is 18.1 Å². The van der Waals surface area contributed by atoms with E-state index in [0.29, 0.717) is 31.6 Å². The Bertz CT molecular complexity index is 585. The summed E-state index contributed by atoms with van der Waals surface area (Å²) in [6, 6.07) is 1.23. The molecule has 112 valence electrons. The van der Waals surface area contributed by atoms with Crippen molar-refractivity contribution in [1.82, 2.24) is 9.88 Å². The number of hydrogen-bond acceptors (Lipinski definition) is 3. The number of nitrogens with zero attached hydrogens (tertiary/aromatic N) is 2. The van der Waals surface area contributed by atoms with Crippen LogP contribution < -0.4 is 5.32 Å². The van der Waals surface area contributed by atoms with Gasteiger partial charge in [-0.15, -0.1) is 0 Å². The van der Waals surface area contributed by atoms with Crippen molar-refractivity contribution in [2.45, 2.75) is 19.3 Å². The Balaban J connectivity index is 1.58. The van der Waals surface area contributed by atoms with Crippen molar-refractivity contribution in [3.8, 4) is 0 Å². The molecule has 1 spiro atoms. The number of hydrogen-bond donors (Lipinski definition) is 2. The lowest BCUT2D eigenvalue weighted by Crippen LogP contribution is -2.39. The highest BCUT2D eigenvalue weighted by atomic mass is 19.1. The van der Waals surface area contributed by atoms with Crippen molar-refractivity contribution in [3.63, 3.8) is 0 Å². The topological polar surface area (TPSA) is 82.5 Å². The molecule has 1 aliphatic carbocycles. The van der Waals surface area contributed by atoms with E-state index >= 15 is 0 Å². The van der Waals surface area contributed by atoms with Crippen LogP contribution in [-0.2, 0) is 4.79 Å². The van der Waals surface area contributed by atoms with Crippen LogP contribution in [-0.4, -0.2) is 40.1 Å². The monoisotopic (exact) mass is 293 g/mol. The van der Waals surface area contributed by atoms with Gasteiger partial charge < -0.3 is 15.3 Å². The van der Waals surface area contributed by atoms with Crippen LogP contribution in [0.4, 0.5) is 14.9 Å². The molecule has 1 atom stereocenters. The van der Waals surface area contributed by atoms with E-state index in [1.165, 1.54) is 17.2 Å². The number of piperidine rings is 1. The van der Waals surface area contributed by atoms with Gasteiger partial charge in [0, 0.05) is 25.1 Å². The number of aromatic nitrogens is 1. The molecule has 7 heteroatoms. The van der Waals surface area contributed by atoms with E-state index < -0.39 is 11.9 Å². The average Bonchev–Trinajstić information content (AvgIpc) is 3.13. The van der Waals surface area contributed by atoms with Gasteiger partial charge in [-0.2, -0.15) is 0 Å². The minimum atomic E-state index is -0.905. The molecular formula is C14H16FN3O3. The van der Waals surface area contributed by atoms with Gasteiger partial charge in [-0.1, -0.05) is 0 Å². The molecule has 2 heterocycles. The van der Waals surface area contributed by atoms with E-state index in [4.69, 9.17) is 5.11 Å². The number of nitrogens with one attached hydrogen (secondary N) is 1. The van der Waals surface area contributed by atoms with Crippen LogP contribution in [0.25, 0.3) is 0 Å². The standard InChI is InChI=1S/C14H16FN3O3/c15-9-5-10(8-16-7-9)17-12(19)11-6-14(11)1-3-18(4-2-14)13(20)21/h5,7-8,11H,1-4,6H2,(H,17,19)(H,20,21)/t11-/m1/s1. The lowest BCUT2D eigenvalue weighted by atomic mass is 9.91. The van der Waals surface area contributed by atoms with Crippen LogP contribution in [0.3, 0.4) is 0 Å². The average molecular weight is 293 g/mol. The molecule has 1 aromatic rings. The fraction of sp³-hybridized carbons (Fsp3) is 0.500.